The van der Waals surface area contributed by atoms with Gasteiger partial charge in [0.25, 0.3) is 0 Å². The van der Waals surface area contributed by atoms with E-state index in [9.17, 15) is 29.7 Å². The number of carboxylic acid groups (broad SMARTS) is 1. The zero-order valence-electron chi connectivity index (χ0n) is 21.9. The summed E-state index contributed by atoms with van der Waals surface area (Å²) >= 11 is 0. The number of hydrogen-bond acceptors (Lipinski definition) is 5. The molecule has 0 aromatic carbocycles. The normalized spacial score (nSPS) is 42.7. The van der Waals surface area contributed by atoms with Crippen molar-refractivity contribution in [1.29, 1.82) is 0 Å². The zero-order valence-corrected chi connectivity index (χ0v) is 21.9. The van der Waals surface area contributed by atoms with Crippen LogP contribution < -0.4 is 0 Å². The van der Waals surface area contributed by atoms with Crippen LogP contribution in [0.3, 0.4) is 0 Å². The molecule has 0 aromatic heterocycles. The van der Waals surface area contributed by atoms with E-state index in [1.54, 1.807) is 6.92 Å². The number of aliphatic hydroxyl groups is 2. The Morgan fingerprint density at radius 2 is 1.86 bits per heavy atom. The van der Waals surface area contributed by atoms with Gasteiger partial charge in [-0.25, -0.2) is 0 Å². The second-order valence-corrected chi connectivity index (χ2v) is 12.6. The number of carboxylic acids is 1. The summed E-state index contributed by atoms with van der Waals surface area (Å²) in [5, 5.41) is 33.0. The molecule has 9 atom stereocenters. The maximum absolute atomic E-state index is 13.9. The van der Waals surface area contributed by atoms with Crippen molar-refractivity contribution in [3.8, 4) is 0 Å². The van der Waals surface area contributed by atoms with Crippen LogP contribution in [-0.4, -0.2) is 44.6 Å². The first-order chi connectivity index (χ1) is 16.2. The molecule has 4 aliphatic carbocycles. The Morgan fingerprint density at radius 1 is 1.20 bits per heavy atom. The van der Waals surface area contributed by atoms with Crippen LogP contribution in [-0.2, 0) is 14.4 Å². The third-order valence-corrected chi connectivity index (χ3v) is 10.9. The molecule has 4 rings (SSSR count). The molecule has 194 valence electrons. The number of hydrogen-bond donors (Lipinski definition) is 3. The van der Waals surface area contributed by atoms with Gasteiger partial charge in [-0.3, -0.25) is 14.4 Å². The van der Waals surface area contributed by atoms with E-state index in [1.165, 1.54) is 0 Å². The summed E-state index contributed by atoms with van der Waals surface area (Å²) in [5.74, 6) is -1.32. The number of allylic oxidation sites excluding steroid dienone is 1. The van der Waals surface area contributed by atoms with Crippen molar-refractivity contribution < 1.29 is 29.7 Å². The number of rotatable bonds is 6. The average molecular weight is 487 g/mol. The Balaban J connectivity index is 1.66. The molecule has 3 N–H and O–H groups in total. The van der Waals surface area contributed by atoms with E-state index in [2.05, 4.69) is 20.4 Å². The summed E-state index contributed by atoms with van der Waals surface area (Å²) in [6, 6.07) is 0. The molecule has 0 spiro atoms. The van der Waals surface area contributed by atoms with E-state index >= 15 is 0 Å². The third kappa shape index (κ3) is 3.69. The predicted molar refractivity (Wildman–Crippen MR) is 132 cm³/mol. The molecule has 0 unspecified atom stereocenters. The van der Waals surface area contributed by atoms with Crippen molar-refractivity contribution >= 4 is 17.5 Å². The minimum Gasteiger partial charge on any atom is -0.481 e. The van der Waals surface area contributed by atoms with Crippen molar-refractivity contribution in [3.63, 3.8) is 0 Å². The van der Waals surface area contributed by atoms with Crippen LogP contribution >= 0.6 is 0 Å². The molecule has 6 nitrogen and oxygen atoms in total. The fourth-order valence-electron chi connectivity index (χ4n) is 8.47. The van der Waals surface area contributed by atoms with Crippen molar-refractivity contribution in [2.75, 3.05) is 0 Å². The average Bonchev–Trinajstić information content (AvgIpc) is 3.06. The highest BCUT2D eigenvalue weighted by molar-refractivity contribution is 6.01. The first kappa shape index (κ1) is 26.3. The summed E-state index contributed by atoms with van der Waals surface area (Å²) < 4.78 is 0. The topological polar surface area (TPSA) is 112 Å². The Kier molecular flexibility index (Phi) is 6.50. The maximum atomic E-state index is 13.9. The van der Waals surface area contributed by atoms with Gasteiger partial charge in [-0.05, 0) is 68.8 Å². The van der Waals surface area contributed by atoms with E-state index < -0.39 is 34.4 Å². The number of aliphatic carboxylic acids is 1. The monoisotopic (exact) mass is 486 g/mol. The van der Waals surface area contributed by atoms with Crippen molar-refractivity contribution in [3.05, 3.63) is 23.3 Å². The number of carbonyl (C=O) groups excluding carboxylic acids is 2. The van der Waals surface area contributed by atoms with Gasteiger partial charge in [0, 0.05) is 35.2 Å². The summed E-state index contributed by atoms with van der Waals surface area (Å²) in [6.07, 6.45) is 3.34. The Bertz CT molecular complexity index is 995. The highest BCUT2D eigenvalue weighted by Gasteiger charge is 2.67. The lowest BCUT2D eigenvalue weighted by atomic mass is 9.47. The molecule has 0 radical (unpaired) electrons. The van der Waals surface area contributed by atoms with E-state index in [-0.39, 0.29) is 41.7 Å². The SMILES string of the molecule is C=C(CC[C@@H](C)[C@H]1CC[C@@]2(O)C3=C(C(=O)C[C@]12C)[C@@]1(C)CCC(=O)[C@@H](C)[C@@H]1C[C@@H]3O)[C@H](C)C(=O)O. The molecule has 0 saturated heterocycles. The summed E-state index contributed by atoms with van der Waals surface area (Å²) in [6.45, 7) is 13.7. The summed E-state index contributed by atoms with van der Waals surface area (Å²) in [5.41, 5.74) is -0.603. The lowest BCUT2D eigenvalue weighted by Crippen LogP contribution is -2.60. The smallest absolute Gasteiger partial charge is 0.310 e. The van der Waals surface area contributed by atoms with E-state index in [0.29, 0.717) is 48.8 Å². The van der Waals surface area contributed by atoms with E-state index in [4.69, 9.17) is 0 Å². The standard InChI is InChI=1S/C29H42O6/c1-15(17(3)26(33)34)7-8-16(2)19-9-12-29(35)25-22(31)13-20-18(4)21(30)10-11-27(20,5)24(25)23(32)14-28(19,29)6/h16-20,22,31,35H,1,7-14H2,2-6H3,(H,33,34)/t16-,17+,18+,19-,20+,22+,27+,28-,29-/m1/s1. The number of carbonyl (C=O) groups is 3. The fourth-order valence-corrected chi connectivity index (χ4v) is 8.47. The Labute approximate surface area is 208 Å². The quantitative estimate of drug-likeness (QED) is 0.477. The molecule has 2 fully saturated rings. The van der Waals surface area contributed by atoms with Crippen molar-refractivity contribution in [2.24, 2.45) is 40.4 Å². The van der Waals surface area contributed by atoms with Crippen LogP contribution in [0.15, 0.2) is 23.3 Å². The molecule has 0 heterocycles. The first-order valence-corrected chi connectivity index (χ1v) is 13.3. The van der Waals surface area contributed by atoms with Gasteiger partial charge < -0.3 is 15.3 Å². The number of ketones is 2. The Morgan fingerprint density at radius 3 is 2.49 bits per heavy atom. The highest BCUT2D eigenvalue weighted by Crippen LogP contribution is 2.67. The Hall–Kier alpha value is -1.79. The molecule has 35 heavy (non-hydrogen) atoms. The number of aliphatic hydroxyl groups excluding tert-OH is 1. The second-order valence-electron chi connectivity index (χ2n) is 12.6. The number of Topliss-reactive ketones (excluding diaryl/α,β-unsaturated/α-hetero) is 2. The van der Waals surface area contributed by atoms with Gasteiger partial charge >= 0.3 is 5.97 Å². The maximum Gasteiger partial charge on any atom is 0.310 e. The van der Waals surface area contributed by atoms with Gasteiger partial charge in [-0.2, -0.15) is 0 Å². The van der Waals surface area contributed by atoms with Gasteiger partial charge in [0.15, 0.2) is 5.78 Å². The van der Waals surface area contributed by atoms with E-state index in [0.717, 1.165) is 12.8 Å². The molecule has 2 saturated carbocycles. The fraction of sp³-hybridized carbons (Fsp3) is 0.759. The highest BCUT2D eigenvalue weighted by atomic mass is 16.4. The van der Waals surface area contributed by atoms with Crippen LogP contribution in [0.25, 0.3) is 0 Å². The lowest BCUT2D eigenvalue weighted by molar-refractivity contribution is -0.142. The van der Waals surface area contributed by atoms with Crippen molar-refractivity contribution in [1.82, 2.24) is 0 Å². The molecule has 4 aliphatic rings. The molecule has 0 amide bonds. The molecule has 0 aliphatic heterocycles. The van der Waals surface area contributed by atoms with Crippen LogP contribution in [0.1, 0.15) is 86.0 Å². The van der Waals surface area contributed by atoms with Crippen LogP contribution in [0.4, 0.5) is 0 Å². The minimum atomic E-state index is -1.25. The molecule has 6 heteroatoms. The van der Waals surface area contributed by atoms with Gasteiger partial charge in [0.2, 0.25) is 0 Å². The van der Waals surface area contributed by atoms with E-state index in [1.807, 2.05) is 13.8 Å². The largest absolute Gasteiger partial charge is 0.481 e. The lowest BCUT2D eigenvalue weighted by Gasteiger charge is -2.58. The number of fused-ring (bicyclic) bond motifs is 4. The third-order valence-electron chi connectivity index (χ3n) is 10.9. The second kappa shape index (κ2) is 8.65. The van der Waals surface area contributed by atoms with Crippen LogP contribution in [0.5, 0.6) is 0 Å². The van der Waals surface area contributed by atoms with Gasteiger partial charge in [-0.15, -0.1) is 0 Å². The van der Waals surface area contributed by atoms with Gasteiger partial charge in [0.05, 0.1) is 17.6 Å². The van der Waals surface area contributed by atoms with Crippen molar-refractivity contribution in [2.45, 2.75) is 97.7 Å². The zero-order chi connectivity index (χ0) is 26.1. The predicted octanol–water partition coefficient (Wildman–Crippen LogP) is 4.48. The van der Waals surface area contributed by atoms with Gasteiger partial charge in [0.1, 0.15) is 5.78 Å². The van der Waals surface area contributed by atoms with Gasteiger partial charge in [-0.1, -0.05) is 39.8 Å². The summed E-state index contributed by atoms with van der Waals surface area (Å²) in [4.78, 5) is 37.6. The molecule has 0 aromatic rings. The molecule has 0 bridgehead atoms. The van der Waals surface area contributed by atoms with Crippen LogP contribution in [0, 0.1) is 40.4 Å². The molecular weight excluding hydrogens is 444 g/mol. The molecular formula is C29H42O6. The van der Waals surface area contributed by atoms with Crippen LogP contribution in [0.2, 0.25) is 0 Å². The summed E-state index contributed by atoms with van der Waals surface area (Å²) in [7, 11) is 0. The first-order valence-electron chi connectivity index (χ1n) is 13.3. The minimum absolute atomic E-state index is 0.0167.